The van der Waals surface area contributed by atoms with Crippen LogP contribution in [-0.4, -0.2) is 5.24 Å². The summed E-state index contributed by atoms with van der Waals surface area (Å²) in [6, 6.07) is 0. The molecule has 0 heterocycles. The number of rotatable bonds is 6. The van der Waals surface area contributed by atoms with Gasteiger partial charge in [0.1, 0.15) is 0 Å². The fourth-order valence-electron chi connectivity index (χ4n) is 0.895. The third-order valence-corrected chi connectivity index (χ3v) is 1.70. The zero-order valence-electron chi connectivity index (χ0n) is 7.85. The molecule has 0 bridgehead atoms. The molecule has 0 N–H and O–H groups in total. The van der Waals surface area contributed by atoms with Gasteiger partial charge in [-0.2, -0.15) is 0 Å². The molecule has 0 aromatic rings. The predicted octanol–water partition coefficient (Wildman–Crippen LogP) is 3.52. The Morgan fingerprint density at radius 1 is 1.42 bits per heavy atom. The lowest BCUT2D eigenvalue weighted by Crippen LogP contribution is -1.85. The van der Waals surface area contributed by atoms with E-state index in [4.69, 9.17) is 11.6 Å². The summed E-state index contributed by atoms with van der Waals surface area (Å²) in [5.41, 5.74) is 0. The van der Waals surface area contributed by atoms with Gasteiger partial charge in [0.2, 0.25) is 5.24 Å². The van der Waals surface area contributed by atoms with E-state index in [0.717, 1.165) is 19.3 Å². The molecule has 0 spiro atoms. The van der Waals surface area contributed by atoms with Crippen molar-refractivity contribution in [2.75, 3.05) is 0 Å². The molecule has 12 heavy (non-hydrogen) atoms. The van der Waals surface area contributed by atoms with E-state index in [1.54, 1.807) is 0 Å². The molecule has 0 radical (unpaired) electrons. The molecular formula is C10H17ClO. The molecule has 0 aliphatic rings. The molecule has 0 fully saturated rings. The first-order valence-electron chi connectivity index (χ1n) is 4.48. The maximum Gasteiger partial charge on any atom is 0.221 e. The zero-order valence-corrected chi connectivity index (χ0v) is 8.60. The number of halogens is 1. The van der Waals surface area contributed by atoms with Gasteiger partial charge >= 0.3 is 0 Å². The molecule has 0 amide bonds. The van der Waals surface area contributed by atoms with E-state index >= 15 is 0 Å². The minimum Gasteiger partial charge on any atom is -0.281 e. The van der Waals surface area contributed by atoms with Crippen molar-refractivity contribution >= 4 is 16.8 Å². The Morgan fingerprint density at radius 3 is 2.58 bits per heavy atom. The molecule has 0 atom stereocenters. The van der Waals surface area contributed by atoms with Crippen LogP contribution in [0.5, 0.6) is 0 Å². The van der Waals surface area contributed by atoms with Crippen LogP contribution in [0.4, 0.5) is 0 Å². The second kappa shape index (κ2) is 7.35. The molecule has 1 nitrogen and oxygen atoms in total. The van der Waals surface area contributed by atoms with Crippen LogP contribution in [-0.2, 0) is 4.79 Å². The Morgan fingerprint density at radius 2 is 2.08 bits per heavy atom. The predicted molar refractivity (Wildman–Crippen MR) is 53.3 cm³/mol. The fourth-order valence-corrected chi connectivity index (χ4v) is 1.03. The van der Waals surface area contributed by atoms with Crippen LogP contribution in [0.3, 0.4) is 0 Å². The monoisotopic (exact) mass is 188 g/mol. The lowest BCUT2D eigenvalue weighted by atomic mass is 10.1. The Bertz CT molecular complexity index is 150. The molecule has 0 aliphatic heterocycles. The quantitative estimate of drug-likeness (QED) is 0.354. The minimum absolute atomic E-state index is 0.220. The first-order valence-corrected chi connectivity index (χ1v) is 4.85. The summed E-state index contributed by atoms with van der Waals surface area (Å²) in [5, 5.41) is -0.220. The second-order valence-electron chi connectivity index (χ2n) is 3.27. The summed E-state index contributed by atoms with van der Waals surface area (Å²) in [5.74, 6) is 0.625. The SMILES string of the molecule is CC(C)C=CCCCCC(=O)Cl. The number of carbonyl (C=O) groups excluding carboxylic acids is 1. The first-order chi connectivity index (χ1) is 5.63. The van der Waals surface area contributed by atoms with Crippen molar-refractivity contribution in [1.29, 1.82) is 0 Å². The van der Waals surface area contributed by atoms with Crippen molar-refractivity contribution in [3.63, 3.8) is 0 Å². The van der Waals surface area contributed by atoms with Crippen LogP contribution >= 0.6 is 11.6 Å². The highest BCUT2D eigenvalue weighted by Crippen LogP contribution is 2.04. The van der Waals surface area contributed by atoms with E-state index in [-0.39, 0.29) is 5.24 Å². The van der Waals surface area contributed by atoms with E-state index < -0.39 is 0 Å². The molecule has 0 rings (SSSR count). The molecule has 0 saturated carbocycles. The van der Waals surface area contributed by atoms with E-state index in [9.17, 15) is 4.79 Å². The van der Waals surface area contributed by atoms with Gasteiger partial charge in [0, 0.05) is 6.42 Å². The smallest absolute Gasteiger partial charge is 0.221 e. The van der Waals surface area contributed by atoms with Gasteiger partial charge < -0.3 is 0 Å². The summed E-state index contributed by atoms with van der Waals surface area (Å²) in [6.07, 6.45) is 7.89. The van der Waals surface area contributed by atoms with Crippen molar-refractivity contribution in [3.05, 3.63) is 12.2 Å². The number of hydrogen-bond donors (Lipinski definition) is 0. The van der Waals surface area contributed by atoms with Crippen molar-refractivity contribution < 1.29 is 4.79 Å². The van der Waals surface area contributed by atoms with Crippen LogP contribution in [0, 0.1) is 5.92 Å². The Balaban J connectivity index is 3.16. The van der Waals surface area contributed by atoms with E-state index in [1.165, 1.54) is 0 Å². The fraction of sp³-hybridized carbons (Fsp3) is 0.700. The van der Waals surface area contributed by atoms with Crippen LogP contribution in [0.25, 0.3) is 0 Å². The van der Waals surface area contributed by atoms with Gasteiger partial charge in [-0.25, -0.2) is 0 Å². The summed E-state index contributed by atoms with van der Waals surface area (Å²) >= 11 is 5.18. The summed E-state index contributed by atoms with van der Waals surface area (Å²) in [6.45, 7) is 4.30. The number of hydrogen-bond acceptors (Lipinski definition) is 1. The molecule has 0 saturated heterocycles. The number of carbonyl (C=O) groups is 1. The van der Waals surface area contributed by atoms with Crippen LogP contribution < -0.4 is 0 Å². The Labute approximate surface area is 79.8 Å². The molecular weight excluding hydrogens is 172 g/mol. The summed E-state index contributed by atoms with van der Waals surface area (Å²) in [7, 11) is 0. The lowest BCUT2D eigenvalue weighted by Gasteiger charge is -1.94. The maximum atomic E-state index is 10.3. The zero-order chi connectivity index (χ0) is 9.40. The lowest BCUT2D eigenvalue weighted by molar-refractivity contribution is -0.111. The van der Waals surface area contributed by atoms with Crippen LogP contribution in [0.1, 0.15) is 39.5 Å². The molecule has 0 aromatic heterocycles. The molecule has 0 unspecified atom stereocenters. The van der Waals surface area contributed by atoms with Crippen LogP contribution in [0.15, 0.2) is 12.2 Å². The standard InChI is InChI=1S/C10H17ClO/c1-9(2)7-5-3-4-6-8-10(11)12/h5,7,9H,3-4,6,8H2,1-2H3. The summed E-state index contributed by atoms with van der Waals surface area (Å²) < 4.78 is 0. The van der Waals surface area contributed by atoms with Gasteiger partial charge in [0.25, 0.3) is 0 Å². The van der Waals surface area contributed by atoms with Gasteiger partial charge in [-0.1, -0.05) is 26.0 Å². The molecule has 70 valence electrons. The topological polar surface area (TPSA) is 17.1 Å². The van der Waals surface area contributed by atoms with Gasteiger partial charge in [-0.3, -0.25) is 4.79 Å². The minimum atomic E-state index is -0.220. The summed E-state index contributed by atoms with van der Waals surface area (Å²) in [4.78, 5) is 10.3. The number of allylic oxidation sites excluding steroid dienone is 2. The largest absolute Gasteiger partial charge is 0.281 e. The van der Waals surface area contributed by atoms with Crippen LogP contribution in [0.2, 0.25) is 0 Å². The van der Waals surface area contributed by atoms with E-state index in [1.807, 2.05) is 0 Å². The average Bonchev–Trinajstić information content (AvgIpc) is 1.95. The molecule has 0 aliphatic carbocycles. The molecule has 0 aromatic carbocycles. The second-order valence-corrected chi connectivity index (χ2v) is 3.69. The Kier molecular flexibility index (Phi) is 7.17. The number of unbranched alkanes of at least 4 members (excludes halogenated alkanes) is 2. The van der Waals surface area contributed by atoms with Crippen molar-refractivity contribution in [3.8, 4) is 0 Å². The van der Waals surface area contributed by atoms with E-state index in [2.05, 4.69) is 26.0 Å². The average molecular weight is 189 g/mol. The van der Waals surface area contributed by atoms with Gasteiger partial charge in [0.15, 0.2) is 0 Å². The molecule has 2 heteroatoms. The normalized spacial score (nSPS) is 11.3. The first kappa shape index (κ1) is 11.7. The van der Waals surface area contributed by atoms with Crippen molar-refractivity contribution in [2.45, 2.75) is 39.5 Å². The van der Waals surface area contributed by atoms with Crippen molar-refractivity contribution in [2.24, 2.45) is 5.92 Å². The van der Waals surface area contributed by atoms with Gasteiger partial charge in [-0.05, 0) is 36.8 Å². The highest BCUT2D eigenvalue weighted by Gasteiger charge is 1.93. The maximum absolute atomic E-state index is 10.3. The Hall–Kier alpha value is -0.300. The van der Waals surface area contributed by atoms with Gasteiger partial charge in [0.05, 0.1) is 0 Å². The van der Waals surface area contributed by atoms with Crippen molar-refractivity contribution in [1.82, 2.24) is 0 Å². The third kappa shape index (κ3) is 9.70. The van der Waals surface area contributed by atoms with E-state index in [0.29, 0.717) is 12.3 Å². The third-order valence-electron chi connectivity index (χ3n) is 1.52. The highest BCUT2D eigenvalue weighted by molar-refractivity contribution is 6.63. The highest BCUT2D eigenvalue weighted by atomic mass is 35.5. The van der Waals surface area contributed by atoms with Gasteiger partial charge in [-0.15, -0.1) is 0 Å².